The SMILES string of the molecule is COCc1cccc(CNCc2ccc(OCc3c(C)noc3C)c(OC)c2)c1. The Morgan fingerprint density at radius 1 is 0.897 bits per heavy atom. The fraction of sp³-hybridized carbons (Fsp3) is 0.348. The molecule has 2 aromatic carbocycles. The molecule has 29 heavy (non-hydrogen) atoms. The molecule has 0 saturated carbocycles. The minimum Gasteiger partial charge on any atom is -0.493 e. The van der Waals surface area contributed by atoms with Crippen LogP contribution in [0.3, 0.4) is 0 Å². The Labute approximate surface area is 171 Å². The largest absolute Gasteiger partial charge is 0.493 e. The van der Waals surface area contributed by atoms with Crippen LogP contribution in [0.2, 0.25) is 0 Å². The molecule has 6 nitrogen and oxygen atoms in total. The van der Waals surface area contributed by atoms with Gasteiger partial charge in [0.1, 0.15) is 12.4 Å². The topological polar surface area (TPSA) is 65.8 Å². The van der Waals surface area contributed by atoms with Crippen molar-refractivity contribution < 1.29 is 18.7 Å². The normalized spacial score (nSPS) is 10.9. The molecule has 0 saturated heterocycles. The highest BCUT2D eigenvalue weighted by Crippen LogP contribution is 2.29. The van der Waals surface area contributed by atoms with Crippen molar-refractivity contribution in [3.8, 4) is 11.5 Å². The van der Waals surface area contributed by atoms with Crippen LogP contribution in [0.4, 0.5) is 0 Å². The van der Waals surface area contributed by atoms with Crippen molar-refractivity contribution in [2.45, 2.75) is 40.2 Å². The maximum atomic E-state index is 5.94. The first-order valence-corrected chi connectivity index (χ1v) is 9.59. The van der Waals surface area contributed by atoms with Crippen molar-refractivity contribution >= 4 is 0 Å². The highest BCUT2D eigenvalue weighted by Gasteiger charge is 2.12. The van der Waals surface area contributed by atoms with Gasteiger partial charge in [0.25, 0.3) is 0 Å². The Balaban J connectivity index is 1.57. The van der Waals surface area contributed by atoms with Crippen LogP contribution >= 0.6 is 0 Å². The van der Waals surface area contributed by atoms with Crippen molar-refractivity contribution in [2.24, 2.45) is 0 Å². The molecule has 0 atom stereocenters. The number of benzene rings is 2. The van der Waals surface area contributed by atoms with Gasteiger partial charge in [-0.2, -0.15) is 0 Å². The third-order valence-corrected chi connectivity index (χ3v) is 4.74. The van der Waals surface area contributed by atoms with Crippen LogP contribution in [0.5, 0.6) is 11.5 Å². The van der Waals surface area contributed by atoms with E-state index in [1.54, 1.807) is 14.2 Å². The predicted molar refractivity (Wildman–Crippen MR) is 111 cm³/mol. The Kier molecular flexibility index (Phi) is 7.27. The van der Waals surface area contributed by atoms with Gasteiger partial charge in [0.15, 0.2) is 11.5 Å². The zero-order valence-corrected chi connectivity index (χ0v) is 17.5. The summed E-state index contributed by atoms with van der Waals surface area (Å²) < 4.78 is 21.8. The van der Waals surface area contributed by atoms with Crippen LogP contribution < -0.4 is 14.8 Å². The van der Waals surface area contributed by atoms with Crippen molar-refractivity contribution in [3.05, 3.63) is 76.2 Å². The smallest absolute Gasteiger partial charge is 0.161 e. The van der Waals surface area contributed by atoms with E-state index in [2.05, 4.69) is 34.7 Å². The van der Waals surface area contributed by atoms with Crippen molar-refractivity contribution in [1.29, 1.82) is 0 Å². The van der Waals surface area contributed by atoms with Crippen LogP contribution in [-0.4, -0.2) is 19.4 Å². The van der Waals surface area contributed by atoms with Crippen molar-refractivity contribution in [3.63, 3.8) is 0 Å². The van der Waals surface area contributed by atoms with Gasteiger partial charge in [-0.25, -0.2) is 0 Å². The van der Waals surface area contributed by atoms with Gasteiger partial charge in [-0.3, -0.25) is 0 Å². The number of nitrogens with one attached hydrogen (secondary N) is 1. The molecular formula is C23H28N2O4. The van der Waals surface area contributed by atoms with Gasteiger partial charge < -0.3 is 24.1 Å². The van der Waals surface area contributed by atoms with E-state index in [1.165, 1.54) is 11.1 Å². The average molecular weight is 396 g/mol. The van der Waals surface area contributed by atoms with E-state index < -0.39 is 0 Å². The lowest BCUT2D eigenvalue weighted by molar-refractivity contribution is 0.185. The molecule has 6 heteroatoms. The fourth-order valence-electron chi connectivity index (χ4n) is 3.15. The van der Waals surface area contributed by atoms with E-state index >= 15 is 0 Å². The molecule has 154 valence electrons. The highest BCUT2D eigenvalue weighted by atomic mass is 16.5. The van der Waals surface area contributed by atoms with Gasteiger partial charge in [0.2, 0.25) is 0 Å². The van der Waals surface area contributed by atoms with Crippen LogP contribution in [0.1, 0.15) is 33.7 Å². The minimum absolute atomic E-state index is 0.396. The molecule has 3 rings (SSSR count). The Morgan fingerprint density at radius 3 is 2.34 bits per heavy atom. The van der Waals surface area contributed by atoms with Crippen molar-refractivity contribution in [2.75, 3.05) is 14.2 Å². The first-order valence-electron chi connectivity index (χ1n) is 9.59. The summed E-state index contributed by atoms with van der Waals surface area (Å²) in [5.74, 6) is 2.18. The number of nitrogens with zero attached hydrogens (tertiary/aromatic N) is 1. The molecule has 0 aliphatic carbocycles. The number of methoxy groups -OCH3 is 2. The summed E-state index contributed by atoms with van der Waals surface area (Å²) >= 11 is 0. The van der Waals surface area contributed by atoms with Crippen molar-refractivity contribution in [1.82, 2.24) is 10.5 Å². The number of aryl methyl sites for hydroxylation is 2. The first-order chi connectivity index (χ1) is 14.1. The van der Waals surface area contributed by atoms with Gasteiger partial charge in [-0.15, -0.1) is 0 Å². The first kappa shape index (κ1) is 20.9. The number of ether oxygens (including phenoxy) is 3. The molecule has 0 aliphatic rings. The number of aromatic nitrogens is 1. The minimum atomic E-state index is 0.396. The number of hydrogen-bond donors (Lipinski definition) is 1. The summed E-state index contributed by atoms with van der Waals surface area (Å²) in [6.07, 6.45) is 0. The second kappa shape index (κ2) is 10.1. The van der Waals surface area contributed by atoms with E-state index in [9.17, 15) is 0 Å². The molecule has 0 spiro atoms. The second-order valence-electron chi connectivity index (χ2n) is 6.93. The standard InChI is InChI=1S/C23H28N2O4/c1-16-21(17(2)29-25-16)15-28-22-9-8-19(11-23(22)27-4)13-24-12-18-6-5-7-20(10-18)14-26-3/h5-11,24H,12-15H2,1-4H3. The zero-order valence-electron chi connectivity index (χ0n) is 17.5. The highest BCUT2D eigenvalue weighted by molar-refractivity contribution is 5.43. The summed E-state index contributed by atoms with van der Waals surface area (Å²) in [6, 6.07) is 14.4. The molecule has 0 radical (unpaired) electrons. The lowest BCUT2D eigenvalue weighted by Gasteiger charge is -2.13. The van der Waals surface area contributed by atoms with Gasteiger partial charge in [0, 0.05) is 20.2 Å². The van der Waals surface area contributed by atoms with E-state index in [0.717, 1.165) is 35.7 Å². The van der Waals surface area contributed by atoms with Gasteiger partial charge in [0.05, 0.1) is 25.0 Å². The maximum absolute atomic E-state index is 5.94. The molecule has 3 aromatic rings. The van der Waals surface area contributed by atoms with Crippen LogP contribution in [0.25, 0.3) is 0 Å². The lowest BCUT2D eigenvalue weighted by atomic mass is 10.1. The molecule has 0 bridgehead atoms. The summed E-state index contributed by atoms with van der Waals surface area (Å²) in [4.78, 5) is 0. The molecule has 1 aromatic heterocycles. The Hall–Kier alpha value is -2.83. The second-order valence-corrected chi connectivity index (χ2v) is 6.93. The van der Waals surface area contributed by atoms with E-state index in [-0.39, 0.29) is 0 Å². The van der Waals surface area contributed by atoms with E-state index in [4.69, 9.17) is 18.7 Å². The molecule has 0 unspecified atom stereocenters. The average Bonchev–Trinajstić information content (AvgIpc) is 3.05. The van der Waals surface area contributed by atoms with Gasteiger partial charge in [-0.05, 0) is 42.7 Å². The number of hydrogen-bond acceptors (Lipinski definition) is 6. The summed E-state index contributed by atoms with van der Waals surface area (Å²) in [6.45, 7) is 6.33. The van der Waals surface area contributed by atoms with Crippen LogP contribution in [0, 0.1) is 13.8 Å². The molecule has 0 amide bonds. The summed E-state index contributed by atoms with van der Waals surface area (Å²) in [7, 11) is 3.36. The van der Waals surface area contributed by atoms with Gasteiger partial charge >= 0.3 is 0 Å². The van der Waals surface area contributed by atoms with Crippen LogP contribution in [0.15, 0.2) is 47.0 Å². The maximum Gasteiger partial charge on any atom is 0.161 e. The molecule has 1 N–H and O–H groups in total. The number of rotatable bonds is 10. The summed E-state index contributed by atoms with van der Waals surface area (Å²) in [5.41, 5.74) is 5.34. The van der Waals surface area contributed by atoms with Crippen LogP contribution in [-0.2, 0) is 31.0 Å². The van der Waals surface area contributed by atoms with E-state index in [1.807, 2.05) is 32.0 Å². The molecule has 0 aliphatic heterocycles. The molecule has 1 heterocycles. The zero-order chi connectivity index (χ0) is 20.6. The molecule has 0 fully saturated rings. The third-order valence-electron chi connectivity index (χ3n) is 4.74. The third kappa shape index (κ3) is 5.59. The predicted octanol–water partition coefficient (Wildman–Crippen LogP) is 4.32. The van der Waals surface area contributed by atoms with E-state index in [0.29, 0.717) is 24.7 Å². The monoisotopic (exact) mass is 396 g/mol. The quantitative estimate of drug-likeness (QED) is 0.551. The Morgan fingerprint density at radius 2 is 1.66 bits per heavy atom. The molecular weight excluding hydrogens is 368 g/mol. The fourth-order valence-corrected chi connectivity index (χ4v) is 3.15. The lowest BCUT2D eigenvalue weighted by Crippen LogP contribution is -2.13. The van der Waals surface area contributed by atoms with Gasteiger partial charge in [-0.1, -0.05) is 35.5 Å². The summed E-state index contributed by atoms with van der Waals surface area (Å²) in [5, 5.41) is 7.43. The Bertz CT molecular complexity index is 917.